The lowest BCUT2D eigenvalue weighted by atomic mass is 10.1. The number of aromatic carboxylic acids is 1. The molecule has 3 aromatic rings. The van der Waals surface area contributed by atoms with Gasteiger partial charge in [0.25, 0.3) is 0 Å². The van der Waals surface area contributed by atoms with Crippen molar-refractivity contribution in [3.05, 3.63) is 47.5 Å². The second-order valence-electron chi connectivity index (χ2n) is 4.27. The minimum absolute atomic E-state index is 0.105. The number of anilines is 3. The topological polar surface area (TPSA) is 88.2 Å². The first-order chi connectivity index (χ1) is 9.63. The number of nitrogens with one attached hydrogen (secondary N) is 1. The molecular formula is C14H11N3O2S. The van der Waals surface area contributed by atoms with E-state index in [9.17, 15) is 4.79 Å². The monoisotopic (exact) mass is 285 g/mol. The zero-order chi connectivity index (χ0) is 14.1. The lowest BCUT2D eigenvalue weighted by Gasteiger charge is -2.08. The summed E-state index contributed by atoms with van der Waals surface area (Å²) in [6, 6.07) is 10.6. The van der Waals surface area contributed by atoms with Gasteiger partial charge in [0.05, 0.1) is 21.3 Å². The Morgan fingerprint density at radius 2 is 1.95 bits per heavy atom. The summed E-state index contributed by atoms with van der Waals surface area (Å²) in [6.07, 6.45) is 0. The second kappa shape index (κ2) is 4.82. The number of thiazole rings is 1. The average molecular weight is 285 g/mol. The van der Waals surface area contributed by atoms with Crippen molar-refractivity contribution in [1.29, 1.82) is 0 Å². The van der Waals surface area contributed by atoms with Crippen LogP contribution >= 0.6 is 11.3 Å². The van der Waals surface area contributed by atoms with Crippen LogP contribution in [-0.2, 0) is 0 Å². The molecule has 0 atom stereocenters. The van der Waals surface area contributed by atoms with Crippen molar-refractivity contribution in [2.45, 2.75) is 0 Å². The summed E-state index contributed by atoms with van der Waals surface area (Å²) in [5.74, 6) is -1.03. The van der Waals surface area contributed by atoms with Gasteiger partial charge in [-0.25, -0.2) is 9.78 Å². The molecule has 0 aliphatic carbocycles. The molecule has 0 fully saturated rings. The smallest absolute Gasteiger partial charge is 0.337 e. The predicted octanol–water partition coefficient (Wildman–Crippen LogP) is 3.32. The van der Waals surface area contributed by atoms with E-state index in [4.69, 9.17) is 10.8 Å². The number of nitrogen functional groups attached to an aromatic ring is 1. The molecule has 20 heavy (non-hydrogen) atoms. The van der Waals surface area contributed by atoms with E-state index in [0.717, 1.165) is 21.6 Å². The number of rotatable bonds is 3. The first kappa shape index (κ1) is 12.4. The SMILES string of the molecule is Nc1cc(Nc2ccc3ncsc3c2)ccc1C(=O)O. The maximum atomic E-state index is 10.9. The lowest BCUT2D eigenvalue weighted by Crippen LogP contribution is -2.02. The van der Waals surface area contributed by atoms with E-state index in [1.165, 1.54) is 6.07 Å². The van der Waals surface area contributed by atoms with E-state index < -0.39 is 5.97 Å². The fourth-order valence-corrected chi connectivity index (χ4v) is 2.65. The number of hydrogen-bond acceptors (Lipinski definition) is 5. The van der Waals surface area contributed by atoms with Gasteiger partial charge in [0.2, 0.25) is 0 Å². The molecular weight excluding hydrogens is 274 g/mol. The van der Waals surface area contributed by atoms with E-state index in [1.54, 1.807) is 29.0 Å². The molecule has 1 aromatic heterocycles. The highest BCUT2D eigenvalue weighted by Crippen LogP contribution is 2.26. The number of hydrogen-bond donors (Lipinski definition) is 3. The van der Waals surface area contributed by atoms with Gasteiger partial charge in [-0.3, -0.25) is 0 Å². The largest absolute Gasteiger partial charge is 0.478 e. The minimum atomic E-state index is -1.03. The van der Waals surface area contributed by atoms with Gasteiger partial charge in [-0.15, -0.1) is 11.3 Å². The van der Waals surface area contributed by atoms with Gasteiger partial charge >= 0.3 is 5.97 Å². The van der Waals surface area contributed by atoms with Crippen molar-refractivity contribution < 1.29 is 9.90 Å². The number of carboxylic acid groups (broad SMARTS) is 1. The fourth-order valence-electron chi connectivity index (χ4n) is 1.93. The number of fused-ring (bicyclic) bond motifs is 1. The van der Waals surface area contributed by atoms with Crippen LogP contribution in [-0.4, -0.2) is 16.1 Å². The second-order valence-corrected chi connectivity index (χ2v) is 5.15. The number of nitrogens with two attached hydrogens (primary N) is 1. The molecule has 0 radical (unpaired) electrons. The highest BCUT2D eigenvalue weighted by atomic mass is 32.1. The van der Waals surface area contributed by atoms with E-state index >= 15 is 0 Å². The van der Waals surface area contributed by atoms with Crippen LogP contribution in [0.15, 0.2) is 41.9 Å². The number of benzene rings is 2. The Bertz CT molecular complexity index is 798. The van der Waals surface area contributed by atoms with E-state index in [0.29, 0.717) is 0 Å². The van der Waals surface area contributed by atoms with Crippen molar-refractivity contribution >= 4 is 44.6 Å². The van der Waals surface area contributed by atoms with Crippen molar-refractivity contribution in [1.82, 2.24) is 4.98 Å². The van der Waals surface area contributed by atoms with Gasteiger partial charge in [-0.05, 0) is 36.4 Å². The van der Waals surface area contributed by atoms with Crippen LogP contribution in [0.25, 0.3) is 10.2 Å². The Morgan fingerprint density at radius 1 is 1.20 bits per heavy atom. The standard InChI is InChI=1S/C14H11N3O2S/c15-11-5-8(1-3-10(11)14(18)19)17-9-2-4-12-13(6-9)20-7-16-12/h1-7,17H,15H2,(H,18,19). The van der Waals surface area contributed by atoms with Gasteiger partial charge in [0, 0.05) is 17.1 Å². The molecule has 0 aliphatic rings. The highest BCUT2D eigenvalue weighted by molar-refractivity contribution is 7.16. The maximum absolute atomic E-state index is 10.9. The van der Waals surface area contributed by atoms with Gasteiger partial charge in [-0.1, -0.05) is 0 Å². The van der Waals surface area contributed by atoms with Crippen LogP contribution in [0.1, 0.15) is 10.4 Å². The molecule has 1 heterocycles. The molecule has 0 bridgehead atoms. The minimum Gasteiger partial charge on any atom is -0.478 e. The van der Waals surface area contributed by atoms with Gasteiger partial charge < -0.3 is 16.2 Å². The van der Waals surface area contributed by atoms with Gasteiger partial charge in [-0.2, -0.15) is 0 Å². The zero-order valence-electron chi connectivity index (χ0n) is 10.3. The van der Waals surface area contributed by atoms with Crippen molar-refractivity contribution in [3.63, 3.8) is 0 Å². The summed E-state index contributed by atoms with van der Waals surface area (Å²) >= 11 is 1.57. The Labute approximate surface area is 118 Å². The molecule has 0 saturated heterocycles. The van der Waals surface area contributed by atoms with Crippen LogP contribution in [0.3, 0.4) is 0 Å². The first-order valence-corrected chi connectivity index (χ1v) is 6.74. The zero-order valence-corrected chi connectivity index (χ0v) is 11.1. The summed E-state index contributed by atoms with van der Waals surface area (Å²) in [6.45, 7) is 0. The van der Waals surface area contributed by atoms with E-state index in [-0.39, 0.29) is 11.3 Å². The quantitative estimate of drug-likeness (QED) is 0.642. The number of carbonyl (C=O) groups is 1. The van der Waals surface area contributed by atoms with Gasteiger partial charge in [0.1, 0.15) is 0 Å². The Balaban J connectivity index is 1.90. The van der Waals surface area contributed by atoms with Crippen molar-refractivity contribution in [2.75, 3.05) is 11.1 Å². The van der Waals surface area contributed by atoms with Crippen molar-refractivity contribution in [2.24, 2.45) is 0 Å². The Hall–Kier alpha value is -2.60. The molecule has 4 N–H and O–H groups in total. The molecule has 2 aromatic carbocycles. The third-order valence-corrected chi connectivity index (χ3v) is 3.69. The maximum Gasteiger partial charge on any atom is 0.337 e. The predicted molar refractivity (Wildman–Crippen MR) is 80.7 cm³/mol. The molecule has 0 aliphatic heterocycles. The van der Waals surface area contributed by atoms with Crippen LogP contribution in [0.5, 0.6) is 0 Å². The highest BCUT2D eigenvalue weighted by Gasteiger charge is 2.08. The van der Waals surface area contributed by atoms with E-state index in [2.05, 4.69) is 10.3 Å². The number of nitrogens with zero attached hydrogens (tertiary/aromatic N) is 1. The normalized spacial score (nSPS) is 10.6. The van der Waals surface area contributed by atoms with Crippen molar-refractivity contribution in [3.8, 4) is 0 Å². The van der Waals surface area contributed by atoms with Gasteiger partial charge in [0.15, 0.2) is 0 Å². The van der Waals surface area contributed by atoms with Crippen LogP contribution in [0, 0.1) is 0 Å². The summed E-state index contributed by atoms with van der Waals surface area (Å²) in [4.78, 5) is 15.1. The molecule has 5 nitrogen and oxygen atoms in total. The molecule has 0 saturated carbocycles. The van der Waals surface area contributed by atoms with Crippen LogP contribution < -0.4 is 11.1 Å². The first-order valence-electron chi connectivity index (χ1n) is 5.86. The molecule has 100 valence electrons. The summed E-state index contributed by atoms with van der Waals surface area (Å²) in [5, 5.41) is 12.1. The molecule has 0 spiro atoms. The lowest BCUT2D eigenvalue weighted by molar-refractivity contribution is 0.0698. The molecule has 0 amide bonds. The van der Waals surface area contributed by atoms with E-state index in [1.807, 2.05) is 18.2 Å². The van der Waals surface area contributed by atoms with Crippen LogP contribution in [0.4, 0.5) is 17.1 Å². The molecule has 0 unspecified atom stereocenters. The summed E-state index contributed by atoms with van der Waals surface area (Å²) < 4.78 is 1.09. The third-order valence-electron chi connectivity index (χ3n) is 2.90. The average Bonchev–Trinajstić information content (AvgIpc) is 2.85. The Kier molecular flexibility index (Phi) is 3.00. The Morgan fingerprint density at radius 3 is 2.70 bits per heavy atom. The molecule has 6 heteroatoms. The summed E-state index contributed by atoms with van der Waals surface area (Å²) in [7, 11) is 0. The fraction of sp³-hybridized carbons (Fsp3) is 0. The van der Waals surface area contributed by atoms with Crippen LogP contribution in [0.2, 0.25) is 0 Å². The third kappa shape index (κ3) is 2.28. The number of carboxylic acids is 1. The molecule has 3 rings (SSSR count). The summed E-state index contributed by atoms with van der Waals surface area (Å²) in [5.41, 5.74) is 10.5. The number of aromatic nitrogens is 1.